The third kappa shape index (κ3) is 3.54. The average Bonchev–Trinajstić information content (AvgIpc) is 2.98. The minimum absolute atomic E-state index is 0.153. The molecule has 3 rings (SSSR count). The van der Waals surface area contributed by atoms with Gasteiger partial charge in [0.2, 0.25) is 0 Å². The van der Waals surface area contributed by atoms with Crippen LogP contribution in [0.15, 0.2) is 59.8 Å². The summed E-state index contributed by atoms with van der Waals surface area (Å²) in [4.78, 5) is 0. The molecule has 0 aliphatic heterocycles. The number of benzene rings is 2. The molecule has 0 radical (unpaired) electrons. The van der Waals surface area contributed by atoms with Crippen LogP contribution in [-0.2, 0) is 12.0 Å². The number of hydrogen-bond donors (Lipinski definition) is 0. The fraction of sp³-hybridized carbons (Fsp3) is 0.300. The highest BCUT2D eigenvalue weighted by molar-refractivity contribution is 7.98. The van der Waals surface area contributed by atoms with Crippen molar-refractivity contribution in [2.24, 2.45) is 0 Å². The molecule has 3 aromatic rings. The minimum atomic E-state index is 0.153. The molecule has 1 heterocycles. The molecule has 0 fully saturated rings. The molecule has 0 saturated carbocycles. The van der Waals surface area contributed by atoms with Gasteiger partial charge < -0.3 is 0 Å². The first-order valence-electron chi connectivity index (χ1n) is 8.11. The fourth-order valence-corrected chi connectivity index (χ4v) is 3.17. The summed E-state index contributed by atoms with van der Waals surface area (Å²) >= 11 is 1.63. The normalized spacial score (nSPS) is 11.7. The average molecular weight is 337 g/mol. The van der Waals surface area contributed by atoms with Crippen LogP contribution < -0.4 is 0 Å². The van der Waals surface area contributed by atoms with Gasteiger partial charge >= 0.3 is 0 Å². The van der Waals surface area contributed by atoms with Gasteiger partial charge in [0.05, 0.1) is 6.54 Å². The predicted molar refractivity (Wildman–Crippen MR) is 101 cm³/mol. The molecule has 0 atom stereocenters. The fourth-order valence-electron chi connectivity index (χ4n) is 2.68. The summed E-state index contributed by atoms with van der Waals surface area (Å²) in [7, 11) is 0. The molecule has 0 amide bonds. The Kier molecular flexibility index (Phi) is 4.76. The van der Waals surface area contributed by atoms with Crippen molar-refractivity contribution in [2.75, 3.05) is 6.26 Å². The van der Waals surface area contributed by atoms with Crippen LogP contribution in [0.4, 0.5) is 0 Å². The lowest BCUT2D eigenvalue weighted by molar-refractivity contribution is 0.590. The number of rotatable bonds is 4. The molecule has 0 spiro atoms. The van der Waals surface area contributed by atoms with Gasteiger partial charge in [-0.2, -0.15) is 0 Å². The van der Waals surface area contributed by atoms with Gasteiger partial charge in [0.25, 0.3) is 0 Å². The van der Waals surface area contributed by atoms with E-state index >= 15 is 0 Å². The zero-order chi connectivity index (χ0) is 17.2. The molecule has 0 aliphatic carbocycles. The molecule has 2 aromatic carbocycles. The van der Waals surface area contributed by atoms with Crippen molar-refractivity contribution < 1.29 is 0 Å². The van der Waals surface area contributed by atoms with Crippen LogP contribution in [0.1, 0.15) is 31.9 Å². The van der Waals surface area contributed by atoms with E-state index in [9.17, 15) is 0 Å². The summed E-state index contributed by atoms with van der Waals surface area (Å²) in [5.74, 6) is 0.920. The van der Waals surface area contributed by atoms with Crippen molar-refractivity contribution in [2.45, 2.75) is 37.9 Å². The third-order valence-corrected chi connectivity index (χ3v) is 4.76. The van der Waals surface area contributed by atoms with Gasteiger partial charge in [-0.1, -0.05) is 87.1 Å². The van der Waals surface area contributed by atoms with Gasteiger partial charge in [-0.3, -0.25) is 4.57 Å². The molecule has 1 aromatic heterocycles. The molecular weight excluding hydrogens is 314 g/mol. The van der Waals surface area contributed by atoms with Gasteiger partial charge in [0, 0.05) is 5.56 Å². The van der Waals surface area contributed by atoms with Crippen LogP contribution in [-0.4, -0.2) is 21.0 Å². The first-order chi connectivity index (χ1) is 11.5. The zero-order valence-corrected chi connectivity index (χ0v) is 15.5. The van der Waals surface area contributed by atoms with Crippen molar-refractivity contribution in [3.63, 3.8) is 0 Å². The van der Waals surface area contributed by atoms with Gasteiger partial charge in [-0.25, -0.2) is 0 Å². The molecule has 0 N–H and O–H groups in total. The van der Waals surface area contributed by atoms with Gasteiger partial charge in [-0.15, -0.1) is 10.2 Å². The molecule has 3 nitrogen and oxygen atoms in total. The Balaban J connectivity index is 1.98. The maximum Gasteiger partial charge on any atom is 0.191 e. The predicted octanol–water partition coefficient (Wildman–Crippen LogP) is 5.01. The van der Waals surface area contributed by atoms with E-state index < -0.39 is 0 Å². The Labute approximate surface area is 148 Å². The van der Waals surface area contributed by atoms with Gasteiger partial charge in [0.1, 0.15) is 0 Å². The Bertz CT molecular complexity index is 799. The Morgan fingerprint density at radius 1 is 0.917 bits per heavy atom. The van der Waals surface area contributed by atoms with E-state index in [2.05, 4.69) is 84.1 Å². The maximum atomic E-state index is 4.44. The summed E-state index contributed by atoms with van der Waals surface area (Å²) in [5, 5.41) is 9.73. The smallest absolute Gasteiger partial charge is 0.191 e. The summed E-state index contributed by atoms with van der Waals surface area (Å²) in [5.41, 5.74) is 3.83. The Morgan fingerprint density at radius 2 is 1.58 bits per heavy atom. The number of thioether (sulfide) groups is 1. The van der Waals surface area contributed by atoms with E-state index in [-0.39, 0.29) is 5.41 Å². The second-order valence-corrected chi connectivity index (χ2v) is 7.68. The van der Waals surface area contributed by atoms with Crippen molar-refractivity contribution in [1.29, 1.82) is 0 Å². The van der Waals surface area contributed by atoms with Crippen molar-refractivity contribution in [1.82, 2.24) is 14.8 Å². The largest absolute Gasteiger partial charge is 0.298 e. The van der Waals surface area contributed by atoms with Crippen molar-refractivity contribution in [3.05, 3.63) is 65.7 Å². The molecule has 124 valence electrons. The van der Waals surface area contributed by atoms with E-state index in [1.165, 1.54) is 11.1 Å². The summed E-state index contributed by atoms with van der Waals surface area (Å²) < 4.78 is 2.19. The lowest BCUT2D eigenvalue weighted by atomic mass is 9.87. The Morgan fingerprint density at radius 3 is 2.17 bits per heavy atom. The number of hydrogen-bond acceptors (Lipinski definition) is 3. The highest BCUT2D eigenvalue weighted by Crippen LogP contribution is 2.27. The third-order valence-electron chi connectivity index (χ3n) is 4.09. The van der Waals surface area contributed by atoms with Crippen LogP contribution in [0.25, 0.3) is 11.4 Å². The highest BCUT2D eigenvalue weighted by Gasteiger charge is 2.16. The van der Waals surface area contributed by atoms with Crippen molar-refractivity contribution >= 4 is 11.8 Å². The quantitative estimate of drug-likeness (QED) is 0.627. The minimum Gasteiger partial charge on any atom is -0.298 e. The molecule has 0 aliphatic rings. The SMILES string of the molecule is CSc1nnc(-c2ccc(C(C)(C)C)cc2)n1Cc1ccccc1. The molecule has 24 heavy (non-hydrogen) atoms. The van der Waals surface area contributed by atoms with Crippen LogP contribution in [0.2, 0.25) is 0 Å². The molecule has 0 saturated heterocycles. The maximum absolute atomic E-state index is 4.44. The second-order valence-electron chi connectivity index (χ2n) is 6.91. The number of aromatic nitrogens is 3. The molecule has 0 unspecified atom stereocenters. The van der Waals surface area contributed by atoms with E-state index in [1.807, 2.05) is 12.3 Å². The van der Waals surface area contributed by atoms with Gasteiger partial charge in [-0.05, 0) is 22.8 Å². The number of nitrogens with zero attached hydrogens (tertiary/aromatic N) is 3. The monoisotopic (exact) mass is 337 g/mol. The standard InChI is InChI=1S/C20H23N3S/c1-20(2,3)17-12-10-16(11-13-17)18-21-22-19(24-4)23(18)14-15-8-6-5-7-9-15/h5-13H,14H2,1-4H3. The summed E-state index contributed by atoms with van der Waals surface area (Å²) in [6, 6.07) is 19.1. The molecule has 0 bridgehead atoms. The topological polar surface area (TPSA) is 30.7 Å². The van der Waals surface area contributed by atoms with Crippen LogP contribution in [0, 0.1) is 0 Å². The van der Waals surface area contributed by atoms with Crippen molar-refractivity contribution in [3.8, 4) is 11.4 Å². The zero-order valence-electron chi connectivity index (χ0n) is 14.7. The van der Waals surface area contributed by atoms with Crippen LogP contribution in [0.3, 0.4) is 0 Å². The van der Waals surface area contributed by atoms with Crippen LogP contribution in [0.5, 0.6) is 0 Å². The van der Waals surface area contributed by atoms with E-state index in [4.69, 9.17) is 0 Å². The van der Waals surface area contributed by atoms with E-state index in [0.29, 0.717) is 0 Å². The van der Waals surface area contributed by atoms with Gasteiger partial charge in [0.15, 0.2) is 11.0 Å². The Hall–Kier alpha value is -2.07. The van der Waals surface area contributed by atoms with Crippen LogP contribution >= 0.6 is 11.8 Å². The summed E-state index contributed by atoms with van der Waals surface area (Å²) in [6.07, 6.45) is 2.04. The van der Waals surface area contributed by atoms with E-state index in [1.54, 1.807) is 11.8 Å². The molecular formula is C20H23N3S. The molecule has 4 heteroatoms. The lowest BCUT2D eigenvalue weighted by Crippen LogP contribution is -2.10. The summed E-state index contributed by atoms with van der Waals surface area (Å²) in [6.45, 7) is 7.46. The highest BCUT2D eigenvalue weighted by atomic mass is 32.2. The second kappa shape index (κ2) is 6.81. The first kappa shape index (κ1) is 16.8. The van der Waals surface area contributed by atoms with E-state index in [0.717, 1.165) is 23.1 Å². The first-order valence-corrected chi connectivity index (χ1v) is 9.33. The lowest BCUT2D eigenvalue weighted by Gasteiger charge is -2.19.